The van der Waals surface area contributed by atoms with Gasteiger partial charge in [0.2, 0.25) is 0 Å². The van der Waals surface area contributed by atoms with Crippen LogP contribution in [0.3, 0.4) is 0 Å². The Morgan fingerprint density at radius 2 is 1.76 bits per heavy atom. The Morgan fingerprint density at radius 1 is 1.00 bits per heavy atom. The molecule has 1 heterocycles. The van der Waals surface area contributed by atoms with Crippen LogP contribution < -0.4 is 10.9 Å². The zero-order chi connectivity index (χ0) is 17.2. The van der Waals surface area contributed by atoms with Gasteiger partial charge in [-0.2, -0.15) is 5.10 Å². The predicted molar refractivity (Wildman–Crippen MR) is 97.8 cm³/mol. The van der Waals surface area contributed by atoms with Gasteiger partial charge in [-0.1, -0.05) is 12.8 Å². The lowest BCUT2D eigenvalue weighted by Crippen LogP contribution is -2.48. The van der Waals surface area contributed by atoms with E-state index in [1.807, 2.05) is 6.07 Å². The van der Waals surface area contributed by atoms with Crippen LogP contribution in [0.1, 0.15) is 81.5 Å². The molecule has 0 bridgehead atoms. The van der Waals surface area contributed by atoms with Crippen LogP contribution in [0.15, 0.2) is 10.9 Å². The Bertz CT molecular complexity index is 649. The minimum atomic E-state index is -0.184. The van der Waals surface area contributed by atoms with E-state index in [0.717, 1.165) is 63.5 Å². The zero-order valence-electron chi connectivity index (χ0n) is 15.1. The number of rotatable bonds is 3. The third-order valence-electron chi connectivity index (χ3n) is 6.45. The van der Waals surface area contributed by atoms with Gasteiger partial charge in [0.05, 0.1) is 17.8 Å². The van der Waals surface area contributed by atoms with E-state index < -0.39 is 0 Å². The molecule has 5 heteroatoms. The molecule has 0 aliphatic heterocycles. The van der Waals surface area contributed by atoms with Crippen molar-refractivity contribution in [1.29, 1.82) is 0 Å². The van der Waals surface area contributed by atoms with Gasteiger partial charge in [-0.25, -0.2) is 4.68 Å². The van der Waals surface area contributed by atoms with Crippen LogP contribution in [0.25, 0.3) is 0 Å². The van der Waals surface area contributed by atoms with E-state index in [-0.39, 0.29) is 23.7 Å². The normalized spacial score (nSPS) is 33.0. The maximum Gasteiger partial charge on any atom is 0.267 e. The fraction of sp³-hybridized carbons (Fsp3) is 0.800. The predicted octanol–water partition coefficient (Wildman–Crippen LogP) is 2.50. The van der Waals surface area contributed by atoms with E-state index in [4.69, 9.17) is 5.10 Å². The molecule has 138 valence electrons. The summed E-state index contributed by atoms with van der Waals surface area (Å²) in [5.41, 5.74) is 2.41. The average Bonchev–Trinajstić information content (AvgIpc) is 2.64. The van der Waals surface area contributed by atoms with Crippen molar-refractivity contribution in [1.82, 2.24) is 15.1 Å². The summed E-state index contributed by atoms with van der Waals surface area (Å²) < 4.78 is 1.77. The first kappa shape index (κ1) is 17.2. The maximum atomic E-state index is 12.5. The topological polar surface area (TPSA) is 67.2 Å². The molecule has 3 aliphatic rings. The minimum absolute atomic E-state index is 0.0831. The van der Waals surface area contributed by atoms with Gasteiger partial charge < -0.3 is 10.4 Å². The van der Waals surface area contributed by atoms with E-state index in [2.05, 4.69) is 5.32 Å². The molecule has 5 nitrogen and oxygen atoms in total. The lowest BCUT2D eigenvalue weighted by Gasteiger charge is -2.36. The number of aryl methyl sites for hydroxylation is 2. The summed E-state index contributed by atoms with van der Waals surface area (Å²) >= 11 is 0. The van der Waals surface area contributed by atoms with E-state index in [1.165, 1.54) is 24.8 Å². The van der Waals surface area contributed by atoms with Crippen molar-refractivity contribution in [2.75, 3.05) is 0 Å². The first-order valence-electron chi connectivity index (χ1n) is 10.3. The molecule has 0 radical (unpaired) electrons. The number of hydrogen-bond donors (Lipinski definition) is 2. The number of hydrogen-bond acceptors (Lipinski definition) is 4. The summed E-state index contributed by atoms with van der Waals surface area (Å²) in [5.74, 6) is 0. The second-order valence-electron chi connectivity index (χ2n) is 8.24. The summed E-state index contributed by atoms with van der Waals surface area (Å²) in [6.45, 7) is 0. The van der Waals surface area contributed by atoms with Gasteiger partial charge in [-0.15, -0.1) is 0 Å². The fourth-order valence-electron chi connectivity index (χ4n) is 4.93. The van der Waals surface area contributed by atoms with Crippen LogP contribution in [0.2, 0.25) is 0 Å². The summed E-state index contributed by atoms with van der Waals surface area (Å²) in [6.07, 6.45) is 12.8. The molecule has 2 N–H and O–H groups in total. The van der Waals surface area contributed by atoms with Gasteiger partial charge in [0.15, 0.2) is 0 Å². The molecule has 3 aliphatic carbocycles. The molecule has 0 spiro atoms. The lowest BCUT2D eigenvalue weighted by molar-refractivity contribution is 0.0795. The molecule has 1 aromatic rings. The number of aliphatic hydroxyl groups excluding tert-OH is 1. The fourth-order valence-corrected chi connectivity index (χ4v) is 4.93. The van der Waals surface area contributed by atoms with E-state index in [9.17, 15) is 9.90 Å². The van der Waals surface area contributed by atoms with Crippen molar-refractivity contribution in [3.63, 3.8) is 0 Å². The molecule has 4 rings (SSSR count). The molecule has 0 aromatic carbocycles. The highest BCUT2D eigenvalue weighted by molar-refractivity contribution is 5.20. The van der Waals surface area contributed by atoms with Gasteiger partial charge in [0.25, 0.3) is 5.56 Å². The van der Waals surface area contributed by atoms with Gasteiger partial charge >= 0.3 is 0 Å². The van der Waals surface area contributed by atoms with E-state index in [1.54, 1.807) is 4.68 Å². The number of aromatic nitrogens is 2. The number of nitrogens with one attached hydrogen (secondary N) is 1. The molecule has 2 saturated carbocycles. The molecule has 2 unspecified atom stereocenters. The van der Waals surface area contributed by atoms with Crippen LogP contribution >= 0.6 is 0 Å². The highest BCUT2D eigenvalue weighted by atomic mass is 16.3. The number of aliphatic hydroxyl groups is 1. The second-order valence-corrected chi connectivity index (χ2v) is 8.24. The first-order valence-corrected chi connectivity index (χ1v) is 10.3. The van der Waals surface area contributed by atoms with Crippen molar-refractivity contribution in [2.24, 2.45) is 0 Å². The molecule has 0 saturated heterocycles. The van der Waals surface area contributed by atoms with Crippen molar-refractivity contribution >= 4 is 0 Å². The van der Waals surface area contributed by atoms with Crippen molar-refractivity contribution in [3.05, 3.63) is 27.7 Å². The standard InChI is InChI=1S/C20H31N3O2/c24-19-8-4-3-7-18(19)21-15-9-11-16(12-10-15)23-20(25)13-14-5-1-2-6-17(14)22-23/h13,15-16,18-19,21,24H,1-12H2. The largest absolute Gasteiger partial charge is 0.392 e. The van der Waals surface area contributed by atoms with Crippen molar-refractivity contribution < 1.29 is 5.11 Å². The highest BCUT2D eigenvalue weighted by Crippen LogP contribution is 2.29. The maximum absolute atomic E-state index is 12.5. The Morgan fingerprint density at radius 3 is 2.56 bits per heavy atom. The molecule has 25 heavy (non-hydrogen) atoms. The average molecular weight is 345 g/mol. The summed E-state index contributed by atoms with van der Waals surface area (Å²) in [4.78, 5) is 12.5. The quantitative estimate of drug-likeness (QED) is 0.883. The van der Waals surface area contributed by atoms with Gasteiger partial charge in [0.1, 0.15) is 0 Å². The molecular formula is C20H31N3O2. The van der Waals surface area contributed by atoms with Crippen LogP contribution in [0.4, 0.5) is 0 Å². The third kappa shape index (κ3) is 3.82. The molecule has 2 fully saturated rings. The van der Waals surface area contributed by atoms with Crippen LogP contribution in [-0.2, 0) is 12.8 Å². The van der Waals surface area contributed by atoms with Gasteiger partial charge in [-0.05, 0) is 69.8 Å². The monoisotopic (exact) mass is 345 g/mol. The Labute approximate surface area is 149 Å². The van der Waals surface area contributed by atoms with Crippen molar-refractivity contribution in [3.8, 4) is 0 Å². The second kappa shape index (κ2) is 7.58. The molecular weight excluding hydrogens is 314 g/mol. The number of nitrogens with zero attached hydrogens (tertiary/aromatic N) is 2. The van der Waals surface area contributed by atoms with Crippen LogP contribution in [0, 0.1) is 0 Å². The van der Waals surface area contributed by atoms with Gasteiger partial charge in [-0.3, -0.25) is 4.79 Å². The SMILES string of the molecule is O=c1cc2c(nn1C1CCC(NC3CCCCC3O)CC1)CCCC2. The Hall–Kier alpha value is -1.20. The van der Waals surface area contributed by atoms with E-state index in [0.29, 0.717) is 6.04 Å². The summed E-state index contributed by atoms with van der Waals surface area (Å²) in [6, 6.07) is 2.82. The molecule has 2 atom stereocenters. The molecule has 1 aromatic heterocycles. The van der Waals surface area contributed by atoms with Gasteiger partial charge in [0, 0.05) is 18.2 Å². The van der Waals surface area contributed by atoms with Crippen LogP contribution in [-0.4, -0.2) is 33.1 Å². The lowest BCUT2D eigenvalue weighted by atomic mass is 9.87. The Balaban J connectivity index is 1.38. The summed E-state index contributed by atoms with van der Waals surface area (Å²) in [7, 11) is 0. The third-order valence-corrected chi connectivity index (χ3v) is 6.45. The Kier molecular flexibility index (Phi) is 5.23. The zero-order valence-corrected chi connectivity index (χ0v) is 15.1. The smallest absolute Gasteiger partial charge is 0.267 e. The minimum Gasteiger partial charge on any atom is -0.392 e. The van der Waals surface area contributed by atoms with E-state index >= 15 is 0 Å². The summed E-state index contributed by atoms with van der Waals surface area (Å²) in [5, 5.41) is 18.6. The first-order chi connectivity index (χ1) is 12.2. The highest BCUT2D eigenvalue weighted by Gasteiger charge is 2.29. The van der Waals surface area contributed by atoms with Crippen molar-refractivity contribution in [2.45, 2.75) is 101 Å². The van der Waals surface area contributed by atoms with Crippen LogP contribution in [0.5, 0.6) is 0 Å². The number of fused-ring (bicyclic) bond motifs is 1. The molecule has 0 amide bonds.